The van der Waals surface area contributed by atoms with Crippen LogP contribution in [0.4, 0.5) is 11.8 Å². The summed E-state index contributed by atoms with van der Waals surface area (Å²) in [5, 5.41) is 30.7. The Hall–Kier alpha value is -2.40. The van der Waals surface area contributed by atoms with Gasteiger partial charge in [-0.15, -0.1) is 0 Å². The Labute approximate surface area is 243 Å². The molecule has 0 amide bonds. The molecule has 0 spiro atoms. The summed E-state index contributed by atoms with van der Waals surface area (Å²) in [5.41, 5.74) is 1.76. The molecule has 1 aromatic carbocycles. The van der Waals surface area contributed by atoms with Crippen LogP contribution in [0.5, 0.6) is 0 Å². The van der Waals surface area contributed by atoms with Gasteiger partial charge in [0.15, 0.2) is 0 Å². The summed E-state index contributed by atoms with van der Waals surface area (Å²) in [6.45, 7) is 1.73. The van der Waals surface area contributed by atoms with Crippen LogP contribution in [0, 0.1) is 40.4 Å². The molecule has 8 heteroatoms. The second kappa shape index (κ2) is 12.2. The predicted octanol–water partition coefficient (Wildman–Crippen LogP) is 6.14. The van der Waals surface area contributed by atoms with E-state index in [9.17, 15) is 5.26 Å². The van der Waals surface area contributed by atoms with Gasteiger partial charge in [-0.2, -0.15) is 10.2 Å². The van der Waals surface area contributed by atoms with E-state index >= 15 is 0 Å². The molecule has 7 nitrogen and oxygen atoms in total. The summed E-state index contributed by atoms with van der Waals surface area (Å²) in [6.07, 6.45) is 15.5. The third-order valence-electron chi connectivity index (χ3n) is 10.4. The standard InChI is InChI=1S/C32H43ClN6O/c33-28-6-2-1-5-23(28)18-35-31-36-19-26(17-34)30(39-31)37-20-32-14-22-12-24(15-32)29(25(13-22)16-32)38-27-9-7-21(8-10-27)4-3-11-40/h1-2,5-6,19,21-22,24-25,27,29,38,40H,3-4,7-16,18,20H2,(H2,35,36,37,39)/t21?,22?,24-,25+,27?,29?,32?. The van der Waals surface area contributed by atoms with E-state index in [0.29, 0.717) is 53.0 Å². The molecule has 3 unspecified atom stereocenters. The topological polar surface area (TPSA) is 106 Å². The molecule has 1 aromatic heterocycles. The number of nitrogens with one attached hydrogen (secondary N) is 3. The number of aliphatic hydroxyl groups excluding tert-OH is 1. The number of hydrogen-bond donors (Lipinski definition) is 4. The number of nitrogens with zero attached hydrogens (tertiary/aromatic N) is 3. The summed E-state index contributed by atoms with van der Waals surface area (Å²) in [5.74, 6) is 4.29. The number of aliphatic hydroxyl groups is 1. The first-order valence-electron chi connectivity index (χ1n) is 15.4. The fraction of sp³-hybridized carbons (Fsp3) is 0.656. The Morgan fingerprint density at radius 1 is 1.05 bits per heavy atom. The zero-order valence-electron chi connectivity index (χ0n) is 23.4. The number of nitriles is 1. The minimum Gasteiger partial charge on any atom is -0.396 e. The Morgan fingerprint density at radius 3 is 2.55 bits per heavy atom. The van der Waals surface area contributed by atoms with E-state index < -0.39 is 0 Å². The molecule has 5 saturated carbocycles. The molecule has 2 aromatic rings. The van der Waals surface area contributed by atoms with Gasteiger partial charge in [0.05, 0.1) is 6.20 Å². The van der Waals surface area contributed by atoms with E-state index in [1.165, 1.54) is 64.2 Å². The van der Waals surface area contributed by atoms with Crippen molar-refractivity contribution in [1.29, 1.82) is 5.26 Å². The molecular formula is C32H43ClN6O. The fourth-order valence-corrected chi connectivity index (χ4v) is 8.92. The molecule has 5 fully saturated rings. The lowest BCUT2D eigenvalue weighted by atomic mass is 9.47. The van der Waals surface area contributed by atoms with Crippen molar-refractivity contribution >= 4 is 23.4 Å². The Kier molecular flexibility index (Phi) is 8.48. The highest BCUT2D eigenvalue weighted by Crippen LogP contribution is 2.60. The molecule has 4 bridgehead atoms. The van der Waals surface area contributed by atoms with Gasteiger partial charge in [-0.3, -0.25) is 0 Å². The van der Waals surface area contributed by atoms with E-state index in [1.54, 1.807) is 6.20 Å². The van der Waals surface area contributed by atoms with Crippen molar-refractivity contribution in [2.24, 2.45) is 29.1 Å². The maximum Gasteiger partial charge on any atom is 0.224 e. The number of rotatable bonds is 11. The summed E-state index contributed by atoms with van der Waals surface area (Å²) < 4.78 is 0. The summed E-state index contributed by atoms with van der Waals surface area (Å²) in [7, 11) is 0. The Bertz CT molecular complexity index is 1190. The lowest BCUT2D eigenvalue weighted by Gasteiger charge is -2.61. The van der Waals surface area contributed by atoms with Crippen LogP contribution in [0.3, 0.4) is 0 Å². The second-order valence-electron chi connectivity index (χ2n) is 13.1. The molecular weight excluding hydrogens is 520 g/mol. The van der Waals surface area contributed by atoms with Gasteiger partial charge in [0, 0.05) is 36.8 Å². The van der Waals surface area contributed by atoms with Gasteiger partial charge in [-0.1, -0.05) is 29.8 Å². The van der Waals surface area contributed by atoms with Gasteiger partial charge in [-0.25, -0.2) is 4.98 Å². The monoisotopic (exact) mass is 562 g/mol. The molecule has 40 heavy (non-hydrogen) atoms. The van der Waals surface area contributed by atoms with Gasteiger partial charge < -0.3 is 21.1 Å². The van der Waals surface area contributed by atoms with Gasteiger partial charge in [0.1, 0.15) is 17.5 Å². The summed E-state index contributed by atoms with van der Waals surface area (Å²) >= 11 is 6.31. The van der Waals surface area contributed by atoms with E-state index in [1.807, 2.05) is 24.3 Å². The first kappa shape index (κ1) is 27.8. The quantitative estimate of drug-likeness (QED) is 0.260. The van der Waals surface area contributed by atoms with Crippen molar-refractivity contribution in [3.63, 3.8) is 0 Å². The van der Waals surface area contributed by atoms with Crippen LogP contribution in [0.1, 0.15) is 81.8 Å². The molecule has 0 radical (unpaired) electrons. The lowest BCUT2D eigenvalue weighted by molar-refractivity contribution is -0.0732. The minimum atomic E-state index is 0.291. The molecule has 7 rings (SSSR count). The first-order valence-corrected chi connectivity index (χ1v) is 15.8. The molecule has 5 aliphatic rings. The average Bonchev–Trinajstić information content (AvgIpc) is 2.97. The molecule has 5 aliphatic carbocycles. The average molecular weight is 563 g/mol. The normalized spacial score (nSPS) is 32.5. The Morgan fingerprint density at radius 2 is 1.82 bits per heavy atom. The molecule has 214 valence electrons. The smallest absolute Gasteiger partial charge is 0.224 e. The van der Waals surface area contributed by atoms with Crippen molar-refractivity contribution < 1.29 is 5.11 Å². The largest absolute Gasteiger partial charge is 0.396 e. The maximum absolute atomic E-state index is 9.74. The maximum atomic E-state index is 9.74. The number of aromatic nitrogens is 2. The molecule has 4 N–H and O–H groups in total. The number of anilines is 2. The third kappa shape index (κ3) is 6.10. The van der Waals surface area contributed by atoms with Crippen molar-refractivity contribution in [3.05, 3.63) is 46.6 Å². The van der Waals surface area contributed by atoms with E-state index in [2.05, 4.69) is 27.0 Å². The van der Waals surface area contributed by atoms with Gasteiger partial charge in [0.25, 0.3) is 0 Å². The third-order valence-corrected chi connectivity index (χ3v) is 10.7. The number of hydrogen-bond acceptors (Lipinski definition) is 7. The van der Waals surface area contributed by atoms with Crippen LogP contribution < -0.4 is 16.0 Å². The molecule has 0 aliphatic heterocycles. The van der Waals surface area contributed by atoms with Gasteiger partial charge in [-0.05, 0) is 111 Å². The number of benzene rings is 1. The van der Waals surface area contributed by atoms with Gasteiger partial charge in [0.2, 0.25) is 5.95 Å². The highest BCUT2D eigenvalue weighted by Gasteiger charge is 2.55. The molecule has 5 atom stereocenters. The van der Waals surface area contributed by atoms with E-state index in [-0.39, 0.29) is 0 Å². The van der Waals surface area contributed by atoms with Crippen LogP contribution in [-0.4, -0.2) is 40.3 Å². The molecule has 0 saturated heterocycles. The van der Waals surface area contributed by atoms with E-state index in [4.69, 9.17) is 21.7 Å². The number of halogens is 1. The zero-order chi connectivity index (χ0) is 27.5. The highest BCUT2D eigenvalue weighted by molar-refractivity contribution is 6.31. The van der Waals surface area contributed by atoms with Crippen molar-refractivity contribution in [1.82, 2.24) is 15.3 Å². The van der Waals surface area contributed by atoms with Crippen LogP contribution in [-0.2, 0) is 6.54 Å². The molecule has 1 heterocycles. The predicted molar refractivity (Wildman–Crippen MR) is 159 cm³/mol. The van der Waals surface area contributed by atoms with E-state index in [0.717, 1.165) is 42.2 Å². The van der Waals surface area contributed by atoms with Crippen molar-refractivity contribution in [2.75, 3.05) is 23.8 Å². The zero-order valence-corrected chi connectivity index (χ0v) is 24.2. The van der Waals surface area contributed by atoms with Crippen LogP contribution in [0.2, 0.25) is 5.02 Å². The van der Waals surface area contributed by atoms with Gasteiger partial charge >= 0.3 is 0 Å². The minimum absolute atomic E-state index is 0.291. The SMILES string of the molecule is N#Cc1cnc(NCc2ccccc2Cl)nc1NCC12CC3C[C@H](C1)C(NC1CCC(CCCO)CC1)[C@@H](C3)C2. The summed E-state index contributed by atoms with van der Waals surface area (Å²) in [4.78, 5) is 9.06. The fourth-order valence-electron chi connectivity index (χ4n) is 8.72. The lowest BCUT2D eigenvalue weighted by Crippen LogP contribution is -2.61. The van der Waals surface area contributed by atoms with Crippen molar-refractivity contribution in [3.8, 4) is 6.07 Å². The van der Waals surface area contributed by atoms with Crippen molar-refractivity contribution in [2.45, 2.75) is 89.3 Å². The van der Waals surface area contributed by atoms with Crippen LogP contribution in [0.25, 0.3) is 0 Å². The van der Waals surface area contributed by atoms with Crippen LogP contribution >= 0.6 is 11.6 Å². The first-order chi connectivity index (χ1) is 19.5. The Balaban J connectivity index is 1.06. The summed E-state index contributed by atoms with van der Waals surface area (Å²) in [6, 6.07) is 11.3. The second-order valence-corrected chi connectivity index (χ2v) is 13.5. The highest BCUT2D eigenvalue weighted by atomic mass is 35.5. The van der Waals surface area contributed by atoms with Crippen LogP contribution in [0.15, 0.2) is 30.5 Å².